The highest BCUT2D eigenvalue weighted by atomic mass is 35.5. The lowest BCUT2D eigenvalue weighted by Gasteiger charge is -2.16. The summed E-state index contributed by atoms with van der Waals surface area (Å²) in [7, 11) is 0. The van der Waals surface area contributed by atoms with Crippen LogP contribution < -0.4 is 10.1 Å². The molecule has 3 aromatic rings. The summed E-state index contributed by atoms with van der Waals surface area (Å²) in [5.74, 6) is 0.411. The number of carbonyl (C=O) groups is 1. The Morgan fingerprint density at radius 2 is 1.88 bits per heavy atom. The Hall–Kier alpha value is -2.44. The monoisotopic (exact) mass is 373 g/mol. The Kier molecular flexibility index (Phi) is 5.63. The number of carbonyl (C=O) groups excluding carboxylic acids is 1. The molecule has 1 aromatic heterocycles. The van der Waals surface area contributed by atoms with E-state index in [0.29, 0.717) is 27.3 Å². The van der Waals surface area contributed by atoms with Crippen molar-refractivity contribution in [3.05, 3.63) is 59.6 Å². The molecule has 5 nitrogen and oxygen atoms in total. The van der Waals surface area contributed by atoms with Crippen LogP contribution in [0.4, 0.5) is 5.13 Å². The van der Waals surface area contributed by atoms with E-state index >= 15 is 0 Å². The fourth-order valence-electron chi connectivity index (χ4n) is 2.15. The minimum Gasteiger partial charge on any atom is -0.481 e. The fraction of sp³-hybridized carbons (Fsp3) is 0.167. The molecular weight excluding hydrogens is 358 g/mol. The van der Waals surface area contributed by atoms with E-state index in [2.05, 4.69) is 15.5 Å². The van der Waals surface area contributed by atoms with Crippen LogP contribution >= 0.6 is 22.9 Å². The number of aromatic nitrogens is 2. The topological polar surface area (TPSA) is 64.1 Å². The van der Waals surface area contributed by atoms with Crippen LogP contribution in [0.25, 0.3) is 10.6 Å². The van der Waals surface area contributed by atoms with Gasteiger partial charge in [0.1, 0.15) is 10.8 Å². The van der Waals surface area contributed by atoms with Crippen LogP contribution in [-0.2, 0) is 4.79 Å². The number of ether oxygens (including phenoxy) is 1. The van der Waals surface area contributed by atoms with Crippen LogP contribution in [0, 0.1) is 0 Å². The molecule has 2 aromatic carbocycles. The number of nitrogens with zero attached hydrogens (tertiary/aromatic N) is 2. The number of hydrogen-bond acceptors (Lipinski definition) is 5. The van der Waals surface area contributed by atoms with Gasteiger partial charge >= 0.3 is 0 Å². The van der Waals surface area contributed by atoms with E-state index < -0.39 is 6.10 Å². The van der Waals surface area contributed by atoms with Crippen LogP contribution in [0.3, 0.4) is 0 Å². The lowest BCUT2D eigenvalue weighted by atomic mass is 10.2. The molecule has 0 aliphatic heterocycles. The Bertz CT molecular complexity index is 837. The second-order valence-corrected chi connectivity index (χ2v) is 6.65. The molecule has 1 unspecified atom stereocenters. The predicted molar refractivity (Wildman–Crippen MR) is 100 cm³/mol. The molecule has 1 N–H and O–H groups in total. The van der Waals surface area contributed by atoms with Crippen molar-refractivity contribution in [3.8, 4) is 16.3 Å². The number of benzene rings is 2. The summed E-state index contributed by atoms with van der Waals surface area (Å²) in [6, 6.07) is 16.6. The van der Waals surface area contributed by atoms with Gasteiger partial charge in [-0.1, -0.05) is 60.2 Å². The molecule has 0 bridgehead atoms. The molecule has 0 aliphatic carbocycles. The van der Waals surface area contributed by atoms with Gasteiger partial charge in [0.25, 0.3) is 5.91 Å². The Balaban J connectivity index is 1.67. The van der Waals surface area contributed by atoms with Gasteiger partial charge in [0.15, 0.2) is 6.10 Å². The molecule has 0 saturated heterocycles. The van der Waals surface area contributed by atoms with E-state index in [-0.39, 0.29) is 5.91 Å². The van der Waals surface area contributed by atoms with E-state index in [1.807, 2.05) is 49.4 Å². The summed E-state index contributed by atoms with van der Waals surface area (Å²) >= 11 is 7.19. The minimum absolute atomic E-state index is 0.245. The average Bonchev–Trinajstić information content (AvgIpc) is 3.09. The molecule has 0 aliphatic rings. The number of anilines is 1. The van der Waals surface area contributed by atoms with E-state index in [4.69, 9.17) is 16.3 Å². The van der Waals surface area contributed by atoms with Gasteiger partial charge in [0, 0.05) is 10.6 Å². The van der Waals surface area contributed by atoms with Crippen molar-refractivity contribution in [1.82, 2.24) is 10.2 Å². The molecule has 1 amide bonds. The minimum atomic E-state index is -0.592. The maximum atomic E-state index is 12.4. The molecular formula is C18H16ClN3O2S. The SMILES string of the molecule is CCC(Oc1ccccc1)C(=O)Nc1nnc(-c2ccc(Cl)cc2)s1. The number of para-hydroxylation sites is 1. The highest BCUT2D eigenvalue weighted by Gasteiger charge is 2.20. The molecule has 25 heavy (non-hydrogen) atoms. The predicted octanol–water partition coefficient (Wildman–Crippen LogP) is 4.65. The Labute approximate surface area is 154 Å². The molecule has 3 rings (SSSR count). The second-order valence-electron chi connectivity index (χ2n) is 5.24. The molecule has 1 heterocycles. The first-order valence-corrected chi connectivity index (χ1v) is 8.97. The van der Waals surface area contributed by atoms with Crippen molar-refractivity contribution in [2.45, 2.75) is 19.4 Å². The molecule has 0 spiro atoms. The lowest BCUT2D eigenvalue weighted by molar-refractivity contribution is -0.122. The van der Waals surface area contributed by atoms with Gasteiger partial charge in [-0.15, -0.1) is 10.2 Å². The van der Waals surface area contributed by atoms with Gasteiger partial charge in [-0.05, 0) is 30.7 Å². The summed E-state index contributed by atoms with van der Waals surface area (Å²) in [6.45, 7) is 1.90. The van der Waals surface area contributed by atoms with Gasteiger partial charge in [-0.2, -0.15) is 0 Å². The number of halogens is 1. The zero-order chi connectivity index (χ0) is 17.6. The number of nitrogens with one attached hydrogen (secondary N) is 1. The lowest BCUT2D eigenvalue weighted by Crippen LogP contribution is -2.32. The van der Waals surface area contributed by atoms with Crippen molar-refractivity contribution >= 4 is 34.0 Å². The summed E-state index contributed by atoms with van der Waals surface area (Å²) in [5.41, 5.74) is 0.898. The van der Waals surface area contributed by atoms with Gasteiger partial charge < -0.3 is 4.74 Å². The summed E-state index contributed by atoms with van der Waals surface area (Å²) in [4.78, 5) is 12.4. The van der Waals surface area contributed by atoms with Gasteiger partial charge in [0.05, 0.1) is 0 Å². The number of hydrogen-bond donors (Lipinski definition) is 1. The quantitative estimate of drug-likeness (QED) is 0.682. The molecule has 1 atom stereocenters. The maximum absolute atomic E-state index is 12.4. The van der Waals surface area contributed by atoms with Crippen LogP contribution in [0.2, 0.25) is 5.02 Å². The van der Waals surface area contributed by atoms with Crippen LogP contribution in [0.1, 0.15) is 13.3 Å². The van der Waals surface area contributed by atoms with Gasteiger partial charge in [-0.25, -0.2) is 0 Å². The first-order chi connectivity index (χ1) is 12.2. The molecule has 0 radical (unpaired) electrons. The fourth-order valence-corrected chi connectivity index (χ4v) is 3.03. The van der Waals surface area contributed by atoms with Crippen LogP contribution in [-0.4, -0.2) is 22.2 Å². The highest BCUT2D eigenvalue weighted by molar-refractivity contribution is 7.18. The summed E-state index contributed by atoms with van der Waals surface area (Å²) in [6.07, 6.45) is -0.0471. The van der Waals surface area contributed by atoms with Crippen molar-refractivity contribution in [3.63, 3.8) is 0 Å². The van der Waals surface area contributed by atoms with Crippen molar-refractivity contribution in [1.29, 1.82) is 0 Å². The second kappa shape index (κ2) is 8.09. The maximum Gasteiger partial charge on any atom is 0.267 e. The number of rotatable bonds is 6. The van der Waals surface area contributed by atoms with E-state index in [9.17, 15) is 4.79 Å². The Morgan fingerprint density at radius 3 is 2.56 bits per heavy atom. The van der Waals surface area contributed by atoms with Crippen LogP contribution in [0.5, 0.6) is 5.75 Å². The zero-order valence-corrected chi connectivity index (χ0v) is 15.1. The Morgan fingerprint density at radius 1 is 1.16 bits per heavy atom. The first-order valence-electron chi connectivity index (χ1n) is 7.77. The van der Waals surface area contributed by atoms with Gasteiger partial charge in [-0.3, -0.25) is 10.1 Å². The number of amides is 1. The molecule has 0 saturated carbocycles. The van der Waals surface area contributed by atoms with Crippen LogP contribution in [0.15, 0.2) is 54.6 Å². The standard InChI is InChI=1S/C18H16ClN3O2S/c1-2-15(24-14-6-4-3-5-7-14)16(23)20-18-22-21-17(25-18)12-8-10-13(19)11-9-12/h3-11,15H,2H2,1H3,(H,20,22,23). The molecule has 128 valence electrons. The average molecular weight is 374 g/mol. The zero-order valence-electron chi connectivity index (χ0n) is 13.5. The molecule has 7 heteroatoms. The first kappa shape index (κ1) is 17.4. The third kappa shape index (κ3) is 4.55. The van der Waals surface area contributed by atoms with Gasteiger partial charge in [0.2, 0.25) is 5.13 Å². The van der Waals surface area contributed by atoms with Crippen molar-refractivity contribution in [2.75, 3.05) is 5.32 Å². The van der Waals surface area contributed by atoms with Crippen molar-refractivity contribution in [2.24, 2.45) is 0 Å². The smallest absolute Gasteiger partial charge is 0.267 e. The van der Waals surface area contributed by atoms with Crippen molar-refractivity contribution < 1.29 is 9.53 Å². The largest absolute Gasteiger partial charge is 0.481 e. The highest BCUT2D eigenvalue weighted by Crippen LogP contribution is 2.27. The normalized spacial score (nSPS) is 11.8. The summed E-state index contributed by atoms with van der Waals surface area (Å²) in [5, 5.41) is 12.7. The van der Waals surface area contributed by atoms with E-state index in [1.54, 1.807) is 12.1 Å². The summed E-state index contributed by atoms with van der Waals surface area (Å²) < 4.78 is 5.73. The van der Waals surface area contributed by atoms with E-state index in [1.165, 1.54) is 11.3 Å². The van der Waals surface area contributed by atoms with E-state index in [0.717, 1.165) is 5.56 Å². The molecule has 0 fully saturated rings. The third-order valence-corrected chi connectivity index (χ3v) is 4.57. The third-order valence-electron chi connectivity index (χ3n) is 3.43.